The molecule has 0 fully saturated rings. The fourth-order valence-corrected chi connectivity index (χ4v) is 2.09. The fraction of sp³-hybridized carbons (Fsp3) is 0.294. The second-order valence-corrected chi connectivity index (χ2v) is 6.40. The van der Waals surface area contributed by atoms with Gasteiger partial charge in [-0.1, -0.05) is 12.1 Å². The third-order valence-corrected chi connectivity index (χ3v) is 3.18. The molecule has 8 nitrogen and oxygen atoms in total. The zero-order chi connectivity index (χ0) is 18.8. The Hall–Kier alpha value is -3.00. The van der Waals surface area contributed by atoms with Gasteiger partial charge in [0.05, 0.1) is 10.5 Å². The number of rotatable bonds is 4. The highest BCUT2D eigenvalue weighted by molar-refractivity contribution is 5.90. The zero-order valence-electron chi connectivity index (χ0n) is 14.3. The van der Waals surface area contributed by atoms with Crippen molar-refractivity contribution in [3.05, 3.63) is 62.6 Å². The minimum atomic E-state index is -0.962. The van der Waals surface area contributed by atoms with Gasteiger partial charge in [0.15, 0.2) is 0 Å². The van der Waals surface area contributed by atoms with E-state index >= 15 is 0 Å². The van der Waals surface area contributed by atoms with Crippen LogP contribution in [0.15, 0.2) is 41.3 Å². The number of benzene rings is 1. The number of pyridine rings is 1. The van der Waals surface area contributed by atoms with Gasteiger partial charge in [0, 0.05) is 24.9 Å². The molecule has 0 atom stereocenters. The second-order valence-electron chi connectivity index (χ2n) is 6.40. The number of aryl methyl sites for hydroxylation is 1. The quantitative estimate of drug-likeness (QED) is 0.479. The number of hydrogen-bond acceptors (Lipinski definition) is 6. The van der Waals surface area contributed by atoms with Crippen LogP contribution in [0.3, 0.4) is 0 Å². The fourth-order valence-electron chi connectivity index (χ4n) is 2.09. The zero-order valence-corrected chi connectivity index (χ0v) is 14.3. The Balaban J connectivity index is 2.51. The van der Waals surface area contributed by atoms with Crippen LogP contribution in [0.25, 0.3) is 11.1 Å². The lowest BCUT2D eigenvalue weighted by atomic mass is 10.0. The van der Waals surface area contributed by atoms with Gasteiger partial charge >= 0.3 is 5.97 Å². The molecule has 0 saturated heterocycles. The molecule has 2 aromatic rings. The summed E-state index contributed by atoms with van der Waals surface area (Å²) in [4.78, 5) is 44.7. The number of para-hydroxylation sites is 1. The van der Waals surface area contributed by atoms with Gasteiger partial charge in [-0.3, -0.25) is 19.8 Å². The van der Waals surface area contributed by atoms with Gasteiger partial charge < -0.3 is 4.57 Å². The molecule has 0 amide bonds. The molecule has 0 aliphatic carbocycles. The van der Waals surface area contributed by atoms with Crippen LogP contribution in [0.4, 0.5) is 5.69 Å². The van der Waals surface area contributed by atoms with Crippen LogP contribution in [0.1, 0.15) is 31.1 Å². The molecule has 0 aliphatic heterocycles. The summed E-state index contributed by atoms with van der Waals surface area (Å²) in [5, 5.41) is 11.2. The molecule has 0 bridgehead atoms. The minimum Gasteiger partial charge on any atom is -0.317 e. The summed E-state index contributed by atoms with van der Waals surface area (Å²) in [7, 11) is 1.45. The number of aromatic nitrogens is 1. The van der Waals surface area contributed by atoms with Crippen LogP contribution in [-0.4, -0.2) is 21.1 Å². The smallest absolute Gasteiger partial charge is 0.317 e. The number of nitrogens with zero attached hydrogens (tertiary/aromatic N) is 2. The van der Waals surface area contributed by atoms with Crippen molar-refractivity contribution in [3.63, 3.8) is 0 Å². The van der Waals surface area contributed by atoms with E-state index < -0.39 is 22.1 Å². The molecule has 8 heteroatoms. The van der Waals surface area contributed by atoms with Crippen molar-refractivity contribution in [2.45, 2.75) is 26.4 Å². The van der Waals surface area contributed by atoms with Crippen LogP contribution >= 0.6 is 0 Å². The predicted octanol–water partition coefficient (Wildman–Crippen LogP) is 2.85. The highest BCUT2D eigenvalue weighted by Gasteiger charge is 2.22. The molecule has 132 valence electrons. The van der Waals surface area contributed by atoms with E-state index in [0.29, 0.717) is 5.56 Å². The maximum Gasteiger partial charge on any atom is 0.378 e. The van der Waals surface area contributed by atoms with Crippen molar-refractivity contribution < 1.29 is 19.5 Å². The molecule has 1 aromatic heterocycles. The predicted molar refractivity (Wildman–Crippen MR) is 90.0 cm³/mol. The lowest BCUT2D eigenvalue weighted by molar-refractivity contribution is -0.384. The van der Waals surface area contributed by atoms with Gasteiger partial charge in [0.1, 0.15) is 11.2 Å². The molecule has 0 aliphatic rings. The van der Waals surface area contributed by atoms with Crippen LogP contribution < -0.4 is 5.56 Å². The molecule has 0 spiro atoms. The van der Waals surface area contributed by atoms with E-state index in [1.54, 1.807) is 32.9 Å². The number of hydrogen-bond donors (Lipinski definition) is 0. The lowest BCUT2D eigenvalue weighted by Gasteiger charge is -2.16. The minimum absolute atomic E-state index is 0.133. The Morgan fingerprint density at radius 3 is 2.48 bits per heavy atom. The molecule has 0 N–H and O–H groups in total. The van der Waals surface area contributed by atoms with E-state index in [-0.39, 0.29) is 16.8 Å². The Morgan fingerprint density at radius 1 is 1.24 bits per heavy atom. The average molecular weight is 346 g/mol. The van der Waals surface area contributed by atoms with E-state index in [1.807, 2.05) is 0 Å². The molecule has 0 radical (unpaired) electrons. The van der Waals surface area contributed by atoms with Crippen molar-refractivity contribution in [2.75, 3.05) is 0 Å². The number of carbonyl (C=O) groups is 1. The highest BCUT2D eigenvalue weighted by Crippen LogP contribution is 2.29. The van der Waals surface area contributed by atoms with Gasteiger partial charge in [0.25, 0.3) is 11.2 Å². The SMILES string of the molecule is Cn1cc(-c2ccccc2[N+](=O)[O-])cc(C(=O)OOC(C)(C)C)c1=O. The molecule has 0 saturated carbocycles. The summed E-state index contributed by atoms with van der Waals surface area (Å²) in [5.41, 5.74) is -1.11. The third-order valence-electron chi connectivity index (χ3n) is 3.18. The van der Waals surface area contributed by atoms with Crippen LogP contribution in [-0.2, 0) is 16.8 Å². The average Bonchev–Trinajstić information content (AvgIpc) is 2.54. The maximum atomic E-state index is 12.2. The Labute approximate surface area is 143 Å². The van der Waals surface area contributed by atoms with E-state index in [1.165, 1.54) is 36.0 Å². The lowest BCUT2D eigenvalue weighted by Crippen LogP contribution is -2.28. The normalized spacial score (nSPS) is 11.2. The van der Waals surface area contributed by atoms with E-state index in [0.717, 1.165) is 0 Å². The van der Waals surface area contributed by atoms with Crippen molar-refractivity contribution in [1.29, 1.82) is 0 Å². The Kier molecular flexibility index (Phi) is 5.03. The monoisotopic (exact) mass is 346 g/mol. The van der Waals surface area contributed by atoms with Crippen LogP contribution in [0.2, 0.25) is 0 Å². The second kappa shape index (κ2) is 6.86. The highest BCUT2D eigenvalue weighted by atomic mass is 17.2. The van der Waals surface area contributed by atoms with Gasteiger partial charge in [0.2, 0.25) is 0 Å². The first-order chi connectivity index (χ1) is 11.6. The third kappa shape index (κ3) is 4.30. The number of carbonyl (C=O) groups excluding carboxylic acids is 1. The molecular weight excluding hydrogens is 328 g/mol. The van der Waals surface area contributed by atoms with Crippen molar-refractivity contribution in [3.8, 4) is 11.1 Å². The first-order valence-electron chi connectivity index (χ1n) is 7.44. The molecule has 1 aromatic carbocycles. The van der Waals surface area contributed by atoms with Crippen LogP contribution in [0.5, 0.6) is 0 Å². The van der Waals surface area contributed by atoms with Gasteiger partial charge in [-0.2, -0.15) is 4.89 Å². The summed E-state index contributed by atoms with van der Waals surface area (Å²) in [6.45, 7) is 5.05. The van der Waals surface area contributed by atoms with Crippen molar-refractivity contribution >= 4 is 11.7 Å². The molecular formula is C17H18N2O6. The Morgan fingerprint density at radius 2 is 1.88 bits per heavy atom. The van der Waals surface area contributed by atoms with E-state index in [4.69, 9.17) is 9.78 Å². The molecule has 2 rings (SSSR count). The summed E-state index contributed by atoms with van der Waals surface area (Å²) in [5.74, 6) is -0.962. The van der Waals surface area contributed by atoms with Gasteiger partial charge in [-0.25, -0.2) is 4.79 Å². The number of nitro benzene ring substituents is 1. The summed E-state index contributed by atoms with van der Waals surface area (Å²) < 4.78 is 1.17. The molecule has 0 unspecified atom stereocenters. The topological polar surface area (TPSA) is 101 Å². The largest absolute Gasteiger partial charge is 0.378 e. The first kappa shape index (κ1) is 18.3. The first-order valence-corrected chi connectivity index (χ1v) is 7.44. The molecule has 25 heavy (non-hydrogen) atoms. The summed E-state index contributed by atoms with van der Waals surface area (Å²) in [6.07, 6.45) is 1.42. The Bertz CT molecular complexity index is 879. The van der Waals surface area contributed by atoms with Crippen molar-refractivity contribution in [2.24, 2.45) is 7.05 Å². The summed E-state index contributed by atoms with van der Waals surface area (Å²) in [6, 6.07) is 7.32. The van der Waals surface area contributed by atoms with Crippen LogP contribution in [0, 0.1) is 10.1 Å². The maximum absolute atomic E-state index is 12.2. The van der Waals surface area contributed by atoms with E-state index in [9.17, 15) is 19.7 Å². The summed E-state index contributed by atoms with van der Waals surface area (Å²) >= 11 is 0. The molecule has 1 heterocycles. The van der Waals surface area contributed by atoms with Gasteiger partial charge in [-0.05, 0) is 32.9 Å². The number of nitro groups is 1. The van der Waals surface area contributed by atoms with Gasteiger partial charge in [-0.15, -0.1) is 0 Å². The van der Waals surface area contributed by atoms with Crippen molar-refractivity contribution in [1.82, 2.24) is 4.57 Å². The standard InChI is InChI=1S/C17H18N2O6/c1-17(2,3)25-24-16(21)13-9-11(10-18(4)15(13)20)12-7-5-6-8-14(12)19(22)23/h5-10H,1-4H3. The van der Waals surface area contributed by atoms with E-state index in [2.05, 4.69) is 0 Å².